The molecular weight excluding hydrogens is 234 g/mol. The Labute approximate surface area is 109 Å². The molecule has 2 heterocycles. The molecule has 0 aliphatic carbocycles. The number of nitrogens with zero attached hydrogens (tertiary/aromatic N) is 1. The number of benzene rings is 1. The second-order valence-corrected chi connectivity index (χ2v) is 5.67. The lowest BCUT2D eigenvalue weighted by molar-refractivity contribution is -0.936. The number of hydrogen-bond donors (Lipinski definition) is 1. The summed E-state index contributed by atoms with van der Waals surface area (Å²) in [7, 11) is 0. The lowest BCUT2D eigenvalue weighted by Gasteiger charge is -2.39. The first-order valence-electron chi connectivity index (χ1n) is 6.31. The molecule has 0 amide bonds. The molecule has 2 saturated heterocycles. The molecule has 1 aromatic carbocycles. The van der Waals surface area contributed by atoms with Crippen molar-refractivity contribution in [1.29, 1.82) is 0 Å². The fraction of sp³-hybridized carbons (Fsp3) is 0.571. The van der Waals surface area contributed by atoms with Gasteiger partial charge < -0.3 is 22.0 Å². The molecule has 1 aromatic rings. The van der Waals surface area contributed by atoms with E-state index in [0.717, 1.165) is 37.0 Å². The van der Waals surface area contributed by atoms with E-state index < -0.39 is 0 Å². The van der Waals surface area contributed by atoms with E-state index in [9.17, 15) is 5.11 Å². The smallest absolute Gasteiger partial charge is 0.119 e. The molecule has 0 aromatic heterocycles. The summed E-state index contributed by atoms with van der Waals surface area (Å²) in [6.45, 7) is 4.48. The third kappa shape index (κ3) is 2.49. The van der Waals surface area contributed by atoms with Crippen LogP contribution in [0.2, 0.25) is 0 Å². The third-order valence-electron chi connectivity index (χ3n) is 4.32. The molecule has 0 radical (unpaired) electrons. The minimum Gasteiger partial charge on any atom is -1.00 e. The van der Waals surface area contributed by atoms with E-state index in [1.807, 2.05) is 0 Å². The number of hydrogen-bond acceptors (Lipinski definition) is 1. The molecular formula is C14H20ClNO. The molecule has 2 fully saturated rings. The molecule has 0 spiro atoms. The van der Waals surface area contributed by atoms with Crippen molar-refractivity contribution in [3.05, 3.63) is 35.9 Å². The van der Waals surface area contributed by atoms with Gasteiger partial charge in [-0.2, -0.15) is 0 Å². The maximum absolute atomic E-state index is 10.3. The van der Waals surface area contributed by atoms with Gasteiger partial charge in [0.05, 0.1) is 13.1 Å². The SMILES string of the molecule is OC12CCC[N+](Cc3ccccc3)(CC1)C2.[Cl-]. The normalized spacial score (nSPS) is 35.4. The zero-order valence-electron chi connectivity index (χ0n) is 10.1. The first-order chi connectivity index (χ1) is 7.70. The highest BCUT2D eigenvalue weighted by molar-refractivity contribution is 5.13. The molecule has 17 heavy (non-hydrogen) atoms. The van der Waals surface area contributed by atoms with Gasteiger partial charge >= 0.3 is 0 Å². The number of halogens is 1. The monoisotopic (exact) mass is 253 g/mol. The number of aliphatic hydroxyl groups is 1. The van der Waals surface area contributed by atoms with Crippen LogP contribution in [0, 0.1) is 0 Å². The Hall–Kier alpha value is -0.570. The summed E-state index contributed by atoms with van der Waals surface area (Å²) in [5, 5.41) is 10.3. The van der Waals surface area contributed by atoms with Gasteiger partial charge in [0.1, 0.15) is 18.7 Å². The fourth-order valence-corrected chi connectivity index (χ4v) is 3.55. The zero-order valence-corrected chi connectivity index (χ0v) is 10.9. The Morgan fingerprint density at radius 2 is 1.88 bits per heavy atom. The number of rotatable bonds is 2. The van der Waals surface area contributed by atoms with Crippen molar-refractivity contribution in [3.8, 4) is 0 Å². The van der Waals surface area contributed by atoms with Crippen LogP contribution in [-0.2, 0) is 6.54 Å². The van der Waals surface area contributed by atoms with Crippen LogP contribution < -0.4 is 12.4 Å². The molecule has 0 saturated carbocycles. The van der Waals surface area contributed by atoms with E-state index >= 15 is 0 Å². The Morgan fingerprint density at radius 1 is 1.12 bits per heavy atom. The van der Waals surface area contributed by atoms with Crippen molar-refractivity contribution in [2.24, 2.45) is 0 Å². The van der Waals surface area contributed by atoms with Gasteiger partial charge in [-0.1, -0.05) is 30.3 Å². The molecule has 2 aliphatic rings. The molecule has 2 nitrogen and oxygen atoms in total. The summed E-state index contributed by atoms with van der Waals surface area (Å²) in [5.41, 5.74) is 1.07. The molecule has 1 N–H and O–H groups in total. The van der Waals surface area contributed by atoms with Crippen LogP contribution in [0.1, 0.15) is 24.8 Å². The minimum absolute atomic E-state index is 0. The molecule has 3 rings (SSSR count). The largest absolute Gasteiger partial charge is 1.00 e. The van der Waals surface area contributed by atoms with Gasteiger partial charge in [-0.15, -0.1) is 0 Å². The Kier molecular flexibility index (Phi) is 3.48. The molecule has 94 valence electrons. The molecule has 2 aliphatic heterocycles. The summed E-state index contributed by atoms with van der Waals surface area (Å²) < 4.78 is 1.11. The van der Waals surface area contributed by atoms with E-state index in [2.05, 4.69) is 30.3 Å². The summed E-state index contributed by atoms with van der Waals surface area (Å²) in [5.74, 6) is 0. The van der Waals surface area contributed by atoms with Gasteiger partial charge in [0.15, 0.2) is 0 Å². The zero-order chi connectivity index (χ0) is 11.1. The second-order valence-electron chi connectivity index (χ2n) is 5.67. The first kappa shape index (κ1) is 12.9. The lowest BCUT2D eigenvalue weighted by Crippen LogP contribution is -3.00. The third-order valence-corrected chi connectivity index (χ3v) is 4.32. The van der Waals surface area contributed by atoms with Gasteiger partial charge in [-0.05, 0) is 12.8 Å². The summed E-state index contributed by atoms with van der Waals surface area (Å²) in [6, 6.07) is 10.7. The van der Waals surface area contributed by atoms with Gasteiger partial charge in [0, 0.05) is 12.0 Å². The summed E-state index contributed by atoms with van der Waals surface area (Å²) in [6.07, 6.45) is 3.20. The van der Waals surface area contributed by atoms with Crippen molar-refractivity contribution in [3.63, 3.8) is 0 Å². The van der Waals surface area contributed by atoms with Crippen LogP contribution in [0.3, 0.4) is 0 Å². The van der Waals surface area contributed by atoms with Crippen LogP contribution in [0.25, 0.3) is 0 Å². The Bertz CT molecular complexity index is 383. The van der Waals surface area contributed by atoms with Crippen LogP contribution in [-0.4, -0.2) is 34.8 Å². The Balaban J connectivity index is 0.00000108. The summed E-state index contributed by atoms with van der Waals surface area (Å²) >= 11 is 0. The van der Waals surface area contributed by atoms with Crippen molar-refractivity contribution < 1.29 is 22.0 Å². The predicted molar refractivity (Wildman–Crippen MR) is 63.8 cm³/mol. The van der Waals surface area contributed by atoms with Crippen molar-refractivity contribution >= 4 is 0 Å². The lowest BCUT2D eigenvalue weighted by atomic mass is 9.94. The minimum atomic E-state index is -0.340. The number of fused-ring (bicyclic) bond motifs is 2. The Morgan fingerprint density at radius 3 is 2.65 bits per heavy atom. The number of quaternary nitrogens is 1. The first-order valence-corrected chi connectivity index (χ1v) is 6.31. The van der Waals surface area contributed by atoms with E-state index in [0.29, 0.717) is 0 Å². The standard InChI is InChI=1S/C14H20NO.ClH/c16-14-7-4-9-15(12-14,10-8-14)11-13-5-2-1-3-6-13;/h1-3,5-6,16H,4,7-12H2;1H/q+1;/p-1. The average molecular weight is 254 g/mol. The van der Waals surface area contributed by atoms with E-state index in [-0.39, 0.29) is 18.0 Å². The fourth-order valence-electron chi connectivity index (χ4n) is 3.55. The topological polar surface area (TPSA) is 20.2 Å². The summed E-state index contributed by atoms with van der Waals surface area (Å²) in [4.78, 5) is 0. The van der Waals surface area contributed by atoms with Gasteiger partial charge in [-0.3, -0.25) is 0 Å². The molecule has 2 bridgehead atoms. The molecule has 3 heteroatoms. The van der Waals surface area contributed by atoms with Crippen molar-refractivity contribution in [1.82, 2.24) is 0 Å². The van der Waals surface area contributed by atoms with Crippen LogP contribution >= 0.6 is 0 Å². The second kappa shape index (κ2) is 4.60. The van der Waals surface area contributed by atoms with Crippen LogP contribution in [0.5, 0.6) is 0 Å². The molecule has 2 atom stereocenters. The van der Waals surface area contributed by atoms with E-state index in [1.165, 1.54) is 18.5 Å². The van der Waals surface area contributed by atoms with Gasteiger partial charge in [-0.25, -0.2) is 0 Å². The van der Waals surface area contributed by atoms with Gasteiger partial charge in [0.2, 0.25) is 0 Å². The number of piperidine rings is 1. The van der Waals surface area contributed by atoms with Crippen molar-refractivity contribution in [2.45, 2.75) is 31.4 Å². The maximum atomic E-state index is 10.3. The van der Waals surface area contributed by atoms with E-state index in [1.54, 1.807) is 0 Å². The average Bonchev–Trinajstić information content (AvgIpc) is 2.50. The van der Waals surface area contributed by atoms with Crippen LogP contribution in [0.4, 0.5) is 0 Å². The van der Waals surface area contributed by atoms with Crippen molar-refractivity contribution in [2.75, 3.05) is 19.6 Å². The quantitative estimate of drug-likeness (QED) is 0.666. The highest BCUT2D eigenvalue weighted by Gasteiger charge is 2.50. The molecule has 2 unspecified atom stereocenters. The van der Waals surface area contributed by atoms with Gasteiger partial charge in [0.25, 0.3) is 0 Å². The maximum Gasteiger partial charge on any atom is 0.119 e. The highest BCUT2D eigenvalue weighted by Crippen LogP contribution is 2.38. The van der Waals surface area contributed by atoms with E-state index in [4.69, 9.17) is 0 Å². The highest BCUT2D eigenvalue weighted by atomic mass is 35.5. The predicted octanol–water partition coefficient (Wildman–Crippen LogP) is -1.06. The van der Waals surface area contributed by atoms with Crippen LogP contribution in [0.15, 0.2) is 30.3 Å².